The Labute approximate surface area is 134 Å². The highest BCUT2D eigenvalue weighted by Gasteiger charge is 2.16. The number of piperidine rings is 1. The van der Waals surface area contributed by atoms with Crippen LogP contribution in [-0.2, 0) is 9.59 Å². The average Bonchev–Trinajstić information content (AvgIpc) is 2.49. The molecular formula is C15H19ClN4O2. The van der Waals surface area contributed by atoms with Gasteiger partial charge in [0.1, 0.15) is 0 Å². The number of carbonyl (C=O) groups excluding carboxylic acids is 2. The van der Waals surface area contributed by atoms with Crippen LogP contribution in [0.2, 0.25) is 5.02 Å². The third-order valence-corrected chi connectivity index (χ3v) is 3.76. The monoisotopic (exact) mass is 322 g/mol. The van der Waals surface area contributed by atoms with Gasteiger partial charge in [0.2, 0.25) is 0 Å². The van der Waals surface area contributed by atoms with Crippen LogP contribution in [0.4, 0.5) is 5.69 Å². The van der Waals surface area contributed by atoms with E-state index in [1.807, 2.05) is 7.05 Å². The molecule has 1 aromatic carbocycles. The third-order valence-electron chi connectivity index (χ3n) is 3.52. The second-order valence-electron chi connectivity index (χ2n) is 5.34. The first-order valence-electron chi connectivity index (χ1n) is 7.07. The number of nitrogens with zero attached hydrogens (tertiary/aromatic N) is 2. The zero-order chi connectivity index (χ0) is 16.1. The number of benzene rings is 1. The Morgan fingerprint density at radius 1 is 1.23 bits per heavy atom. The molecule has 118 valence electrons. The summed E-state index contributed by atoms with van der Waals surface area (Å²) in [5.74, 6) is -1.52. The van der Waals surface area contributed by atoms with Gasteiger partial charge in [-0.15, -0.1) is 0 Å². The minimum Gasteiger partial charge on any atom is -0.317 e. The van der Waals surface area contributed by atoms with Gasteiger partial charge in [0, 0.05) is 42.4 Å². The molecule has 2 N–H and O–H groups in total. The van der Waals surface area contributed by atoms with Crippen LogP contribution in [-0.4, -0.2) is 42.6 Å². The second kappa shape index (κ2) is 7.38. The van der Waals surface area contributed by atoms with Crippen molar-refractivity contribution < 1.29 is 9.59 Å². The van der Waals surface area contributed by atoms with E-state index in [1.54, 1.807) is 25.1 Å². The fourth-order valence-electron chi connectivity index (χ4n) is 2.12. The predicted octanol–water partition coefficient (Wildman–Crippen LogP) is 1.78. The van der Waals surface area contributed by atoms with Gasteiger partial charge in [-0.3, -0.25) is 9.59 Å². The van der Waals surface area contributed by atoms with E-state index in [0.717, 1.165) is 37.2 Å². The van der Waals surface area contributed by atoms with Crippen LogP contribution in [0.3, 0.4) is 0 Å². The topological polar surface area (TPSA) is 73.8 Å². The summed E-state index contributed by atoms with van der Waals surface area (Å²) in [7, 11) is 2.04. The summed E-state index contributed by atoms with van der Waals surface area (Å²) < 4.78 is 0. The van der Waals surface area contributed by atoms with Crippen molar-refractivity contribution in [2.24, 2.45) is 5.10 Å². The molecule has 1 aromatic rings. The number of hydrogen-bond donors (Lipinski definition) is 2. The largest absolute Gasteiger partial charge is 0.329 e. The number of likely N-dealkylation sites (tertiary alicyclic amines) is 1. The van der Waals surface area contributed by atoms with Gasteiger partial charge >= 0.3 is 11.8 Å². The van der Waals surface area contributed by atoms with Gasteiger partial charge in [0.15, 0.2) is 0 Å². The normalized spacial score (nSPS) is 15.3. The standard InChI is InChI=1S/C15H19ClN4O2/c1-10-9-11(16)3-4-13(10)17-14(21)15(22)19-18-12-5-7-20(2)8-6-12/h3-4,9H,5-8H2,1-2H3,(H,17,21)(H,19,22). The van der Waals surface area contributed by atoms with E-state index in [1.165, 1.54) is 0 Å². The Morgan fingerprint density at radius 2 is 1.91 bits per heavy atom. The van der Waals surface area contributed by atoms with Crippen LogP contribution in [0, 0.1) is 6.92 Å². The van der Waals surface area contributed by atoms with Gasteiger partial charge in [-0.2, -0.15) is 5.10 Å². The van der Waals surface area contributed by atoms with E-state index in [2.05, 4.69) is 20.7 Å². The second-order valence-corrected chi connectivity index (χ2v) is 5.77. The first-order valence-corrected chi connectivity index (χ1v) is 7.45. The van der Waals surface area contributed by atoms with E-state index in [0.29, 0.717) is 10.7 Å². The number of rotatable bonds is 2. The fraction of sp³-hybridized carbons (Fsp3) is 0.400. The highest BCUT2D eigenvalue weighted by molar-refractivity contribution is 6.39. The molecule has 2 amide bonds. The number of carbonyl (C=O) groups is 2. The fourth-order valence-corrected chi connectivity index (χ4v) is 2.34. The summed E-state index contributed by atoms with van der Waals surface area (Å²) in [6.45, 7) is 3.62. The summed E-state index contributed by atoms with van der Waals surface area (Å²) in [6, 6.07) is 5.03. The number of anilines is 1. The van der Waals surface area contributed by atoms with Gasteiger partial charge in [-0.05, 0) is 37.7 Å². The number of nitrogens with one attached hydrogen (secondary N) is 2. The Bertz CT molecular complexity index is 606. The summed E-state index contributed by atoms with van der Waals surface area (Å²) in [4.78, 5) is 25.8. The third kappa shape index (κ3) is 4.54. The molecule has 2 rings (SSSR count). The van der Waals surface area contributed by atoms with Crippen LogP contribution in [0.15, 0.2) is 23.3 Å². The number of hydrazone groups is 1. The molecule has 1 aliphatic rings. The quantitative estimate of drug-likeness (QED) is 0.644. The molecule has 0 unspecified atom stereocenters. The molecule has 1 heterocycles. The molecule has 7 heteroatoms. The minimum absolute atomic E-state index is 0.552. The lowest BCUT2D eigenvalue weighted by molar-refractivity contribution is -0.136. The van der Waals surface area contributed by atoms with Crippen LogP contribution >= 0.6 is 11.6 Å². The Hall–Kier alpha value is -1.92. The molecule has 0 radical (unpaired) electrons. The van der Waals surface area contributed by atoms with Crippen LogP contribution in [0.25, 0.3) is 0 Å². The van der Waals surface area contributed by atoms with E-state index < -0.39 is 11.8 Å². The number of hydrogen-bond acceptors (Lipinski definition) is 4. The minimum atomic E-state index is -0.777. The van der Waals surface area contributed by atoms with Gasteiger partial charge < -0.3 is 10.2 Å². The first kappa shape index (κ1) is 16.5. The molecule has 1 fully saturated rings. The molecule has 22 heavy (non-hydrogen) atoms. The average molecular weight is 323 g/mol. The van der Waals surface area contributed by atoms with E-state index in [9.17, 15) is 9.59 Å². The van der Waals surface area contributed by atoms with Crippen LogP contribution < -0.4 is 10.7 Å². The zero-order valence-corrected chi connectivity index (χ0v) is 13.4. The highest BCUT2D eigenvalue weighted by Crippen LogP contribution is 2.19. The smallest absolute Gasteiger partial charge is 0.317 e. The van der Waals surface area contributed by atoms with Crippen molar-refractivity contribution in [2.45, 2.75) is 19.8 Å². The molecule has 1 aliphatic heterocycles. The van der Waals surface area contributed by atoms with Crippen molar-refractivity contribution in [1.29, 1.82) is 0 Å². The first-order chi connectivity index (χ1) is 10.5. The van der Waals surface area contributed by atoms with Crippen molar-refractivity contribution >= 4 is 34.8 Å². The Balaban J connectivity index is 1.89. The number of amides is 2. The van der Waals surface area contributed by atoms with Crippen LogP contribution in [0.1, 0.15) is 18.4 Å². The molecule has 0 bridgehead atoms. The van der Waals surface area contributed by atoms with Crippen LogP contribution in [0.5, 0.6) is 0 Å². The molecular weight excluding hydrogens is 304 g/mol. The van der Waals surface area contributed by atoms with Crippen molar-refractivity contribution in [3.8, 4) is 0 Å². The zero-order valence-electron chi connectivity index (χ0n) is 12.6. The van der Waals surface area contributed by atoms with E-state index in [-0.39, 0.29) is 0 Å². The maximum atomic E-state index is 11.8. The Kier molecular flexibility index (Phi) is 5.51. The molecule has 0 aliphatic carbocycles. The lowest BCUT2D eigenvalue weighted by atomic mass is 10.1. The molecule has 0 saturated carbocycles. The molecule has 6 nitrogen and oxygen atoms in total. The van der Waals surface area contributed by atoms with Gasteiger partial charge in [0.05, 0.1) is 0 Å². The highest BCUT2D eigenvalue weighted by atomic mass is 35.5. The maximum absolute atomic E-state index is 11.8. The maximum Gasteiger partial charge on any atom is 0.329 e. The lowest BCUT2D eigenvalue weighted by Gasteiger charge is -2.22. The molecule has 0 aromatic heterocycles. The van der Waals surface area contributed by atoms with E-state index in [4.69, 9.17) is 11.6 Å². The molecule has 0 spiro atoms. The van der Waals surface area contributed by atoms with Gasteiger partial charge in [-0.25, -0.2) is 5.43 Å². The molecule has 0 atom stereocenters. The van der Waals surface area contributed by atoms with Gasteiger partial charge in [0.25, 0.3) is 0 Å². The summed E-state index contributed by atoms with van der Waals surface area (Å²) in [5.41, 5.74) is 4.55. The van der Waals surface area contributed by atoms with E-state index >= 15 is 0 Å². The van der Waals surface area contributed by atoms with Crippen molar-refractivity contribution in [3.05, 3.63) is 28.8 Å². The number of aryl methyl sites for hydroxylation is 1. The van der Waals surface area contributed by atoms with Crippen molar-refractivity contribution in [1.82, 2.24) is 10.3 Å². The Morgan fingerprint density at radius 3 is 2.55 bits per heavy atom. The summed E-state index contributed by atoms with van der Waals surface area (Å²) in [5, 5.41) is 7.15. The SMILES string of the molecule is Cc1cc(Cl)ccc1NC(=O)C(=O)NN=C1CCN(C)CC1. The molecule has 1 saturated heterocycles. The number of halogens is 1. The lowest BCUT2D eigenvalue weighted by Crippen LogP contribution is -2.35. The van der Waals surface area contributed by atoms with Crippen molar-refractivity contribution in [2.75, 3.05) is 25.5 Å². The van der Waals surface area contributed by atoms with Crippen molar-refractivity contribution in [3.63, 3.8) is 0 Å². The summed E-state index contributed by atoms with van der Waals surface area (Å²) in [6.07, 6.45) is 1.60. The predicted molar refractivity (Wildman–Crippen MR) is 87.1 cm³/mol. The summed E-state index contributed by atoms with van der Waals surface area (Å²) >= 11 is 5.85. The van der Waals surface area contributed by atoms with Gasteiger partial charge in [-0.1, -0.05) is 11.6 Å².